The Bertz CT molecular complexity index is 867. The van der Waals surface area contributed by atoms with Crippen LogP contribution in [0.3, 0.4) is 0 Å². The average Bonchev–Trinajstić information content (AvgIpc) is 3.00. The Morgan fingerprint density at radius 3 is 2.31 bits per heavy atom. The van der Waals surface area contributed by atoms with Gasteiger partial charge in [-0.05, 0) is 37.6 Å². The monoisotopic (exact) mass is 393 g/mol. The third-order valence-electron chi connectivity index (χ3n) is 5.06. The molecule has 0 atom stereocenters. The fourth-order valence-electron chi connectivity index (χ4n) is 3.46. The lowest BCUT2D eigenvalue weighted by Crippen LogP contribution is -2.38. The van der Waals surface area contributed by atoms with Crippen LogP contribution in [-0.4, -0.2) is 60.2 Å². The van der Waals surface area contributed by atoms with Crippen molar-refractivity contribution in [2.45, 2.75) is 19.8 Å². The first-order valence-electron chi connectivity index (χ1n) is 10.0. The van der Waals surface area contributed by atoms with Crippen molar-refractivity contribution < 1.29 is 14.4 Å². The summed E-state index contributed by atoms with van der Waals surface area (Å²) in [5.41, 5.74) is 2.33. The number of carbonyl (C=O) groups is 3. The highest BCUT2D eigenvalue weighted by atomic mass is 16.2. The van der Waals surface area contributed by atoms with Crippen LogP contribution in [0.1, 0.15) is 39.1 Å². The van der Waals surface area contributed by atoms with E-state index in [1.807, 2.05) is 42.2 Å². The van der Waals surface area contributed by atoms with Crippen molar-refractivity contribution in [1.82, 2.24) is 15.1 Å². The number of hydrogen-bond acceptors (Lipinski definition) is 3. The van der Waals surface area contributed by atoms with E-state index < -0.39 is 0 Å². The average molecular weight is 393 g/mol. The minimum absolute atomic E-state index is 0.00298. The van der Waals surface area contributed by atoms with Gasteiger partial charge in [0.05, 0.1) is 0 Å². The van der Waals surface area contributed by atoms with Crippen LogP contribution in [0.25, 0.3) is 0 Å². The molecule has 152 valence electrons. The largest absolute Gasteiger partial charge is 0.352 e. The predicted molar refractivity (Wildman–Crippen MR) is 112 cm³/mol. The Labute approximate surface area is 171 Å². The van der Waals surface area contributed by atoms with Gasteiger partial charge in [-0.2, -0.15) is 0 Å². The Balaban J connectivity index is 1.47. The lowest BCUT2D eigenvalue weighted by molar-refractivity contribution is -0.130. The van der Waals surface area contributed by atoms with Gasteiger partial charge >= 0.3 is 0 Å². The van der Waals surface area contributed by atoms with Crippen molar-refractivity contribution >= 4 is 17.7 Å². The van der Waals surface area contributed by atoms with Gasteiger partial charge in [0.2, 0.25) is 5.91 Å². The van der Waals surface area contributed by atoms with Crippen molar-refractivity contribution in [1.29, 1.82) is 0 Å². The molecule has 1 aliphatic heterocycles. The van der Waals surface area contributed by atoms with E-state index in [0.29, 0.717) is 43.9 Å². The number of nitrogens with one attached hydrogen (secondary N) is 1. The SMILES string of the molecule is Cc1cccc(C(=O)N2CCCN(C(=O)CCNC(=O)c3ccccc3)CC2)c1. The highest BCUT2D eigenvalue weighted by Crippen LogP contribution is 2.11. The molecule has 2 aromatic carbocycles. The van der Waals surface area contributed by atoms with E-state index in [0.717, 1.165) is 12.0 Å². The zero-order chi connectivity index (χ0) is 20.6. The van der Waals surface area contributed by atoms with Crippen LogP contribution in [0.5, 0.6) is 0 Å². The van der Waals surface area contributed by atoms with E-state index in [2.05, 4.69) is 5.32 Å². The summed E-state index contributed by atoms with van der Waals surface area (Å²) < 4.78 is 0. The van der Waals surface area contributed by atoms with Gasteiger partial charge < -0.3 is 15.1 Å². The van der Waals surface area contributed by atoms with Crippen molar-refractivity contribution in [2.24, 2.45) is 0 Å². The Hall–Kier alpha value is -3.15. The third-order valence-corrected chi connectivity index (χ3v) is 5.06. The van der Waals surface area contributed by atoms with E-state index in [9.17, 15) is 14.4 Å². The Morgan fingerprint density at radius 1 is 0.862 bits per heavy atom. The van der Waals surface area contributed by atoms with Gasteiger partial charge in [-0.3, -0.25) is 14.4 Å². The van der Waals surface area contributed by atoms with E-state index in [1.165, 1.54) is 0 Å². The molecule has 0 aromatic heterocycles. The number of benzene rings is 2. The van der Waals surface area contributed by atoms with Crippen LogP contribution in [0, 0.1) is 6.92 Å². The maximum atomic E-state index is 12.7. The van der Waals surface area contributed by atoms with Crippen molar-refractivity contribution in [2.75, 3.05) is 32.7 Å². The molecule has 0 unspecified atom stereocenters. The molecule has 3 rings (SSSR count). The minimum atomic E-state index is -0.177. The first kappa shape index (κ1) is 20.6. The van der Waals surface area contributed by atoms with Gasteiger partial charge in [-0.1, -0.05) is 35.9 Å². The normalized spacial score (nSPS) is 14.2. The van der Waals surface area contributed by atoms with Crippen molar-refractivity contribution in [3.63, 3.8) is 0 Å². The van der Waals surface area contributed by atoms with E-state index in [1.54, 1.807) is 29.2 Å². The standard InChI is InChI=1S/C23H27N3O3/c1-18-7-5-10-20(17-18)23(29)26-14-6-13-25(15-16-26)21(27)11-12-24-22(28)19-8-3-2-4-9-19/h2-5,7-10,17H,6,11-16H2,1H3,(H,24,28). The molecule has 0 saturated carbocycles. The molecule has 2 aromatic rings. The summed E-state index contributed by atoms with van der Waals surface area (Å²) in [5.74, 6) is -0.162. The molecular weight excluding hydrogens is 366 g/mol. The second-order valence-electron chi connectivity index (χ2n) is 7.27. The number of hydrogen-bond donors (Lipinski definition) is 1. The molecule has 1 aliphatic rings. The van der Waals surface area contributed by atoms with Gasteiger partial charge in [0.25, 0.3) is 11.8 Å². The number of aryl methyl sites for hydroxylation is 1. The zero-order valence-electron chi connectivity index (χ0n) is 16.8. The maximum Gasteiger partial charge on any atom is 0.253 e. The number of rotatable bonds is 5. The highest BCUT2D eigenvalue weighted by molar-refractivity contribution is 5.95. The Kier molecular flexibility index (Phi) is 7.00. The van der Waals surface area contributed by atoms with Crippen LogP contribution < -0.4 is 5.32 Å². The van der Waals surface area contributed by atoms with Gasteiger partial charge in [-0.15, -0.1) is 0 Å². The van der Waals surface area contributed by atoms with Gasteiger partial charge in [0.1, 0.15) is 0 Å². The molecule has 0 spiro atoms. The zero-order valence-corrected chi connectivity index (χ0v) is 16.8. The summed E-state index contributed by atoms with van der Waals surface area (Å²) >= 11 is 0. The van der Waals surface area contributed by atoms with Crippen molar-refractivity contribution in [3.05, 3.63) is 71.3 Å². The van der Waals surface area contributed by atoms with Gasteiger partial charge in [0, 0.05) is 50.3 Å². The number of amides is 3. The van der Waals surface area contributed by atoms with Crippen LogP contribution in [0.15, 0.2) is 54.6 Å². The highest BCUT2D eigenvalue weighted by Gasteiger charge is 2.22. The van der Waals surface area contributed by atoms with Crippen LogP contribution in [0.4, 0.5) is 0 Å². The molecule has 0 bridgehead atoms. The second-order valence-corrected chi connectivity index (χ2v) is 7.27. The summed E-state index contributed by atoms with van der Waals surface area (Å²) in [5, 5.41) is 2.79. The van der Waals surface area contributed by atoms with E-state index in [4.69, 9.17) is 0 Å². The molecule has 3 amide bonds. The smallest absolute Gasteiger partial charge is 0.253 e. The maximum absolute atomic E-state index is 12.7. The first-order chi connectivity index (χ1) is 14.0. The summed E-state index contributed by atoms with van der Waals surface area (Å²) in [7, 11) is 0. The van der Waals surface area contributed by atoms with E-state index >= 15 is 0 Å². The third kappa shape index (κ3) is 5.67. The lowest BCUT2D eigenvalue weighted by atomic mass is 10.1. The Morgan fingerprint density at radius 2 is 1.55 bits per heavy atom. The molecular formula is C23H27N3O3. The fraction of sp³-hybridized carbons (Fsp3) is 0.348. The molecule has 6 heteroatoms. The second kappa shape index (κ2) is 9.87. The first-order valence-corrected chi connectivity index (χ1v) is 10.0. The quantitative estimate of drug-likeness (QED) is 0.849. The lowest BCUT2D eigenvalue weighted by Gasteiger charge is -2.22. The molecule has 6 nitrogen and oxygen atoms in total. The predicted octanol–water partition coefficient (Wildman–Crippen LogP) is 2.49. The molecule has 0 aliphatic carbocycles. The molecule has 0 radical (unpaired) electrons. The van der Waals surface area contributed by atoms with E-state index in [-0.39, 0.29) is 24.1 Å². The summed E-state index contributed by atoms with van der Waals surface area (Å²) in [6, 6.07) is 16.5. The summed E-state index contributed by atoms with van der Waals surface area (Å²) in [6.07, 6.45) is 1.00. The topological polar surface area (TPSA) is 69.7 Å². The molecule has 1 fully saturated rings. The van der Waals surface area contributed by atoms with Crippen molar-refractivity contribution in [3.8, 4) is 0 Å². The van der Waals surface area contributed by atoms with Crippen LogP contribution in [-0.2, 0) is 4.79 Å². The molecule has 29 heavy (non-hydrogen) atoms. The van der Waals surface area contributed by atoms with Gasteiger partial charge in [0.15, 0.2) is 0 Å². The number of carbonyl (C=O) groups excluding carboxylic acids is 3. The molecule has 1 heterocycles. The van der Waals surface area contributed by atoms with Gasteiger partial charge in [-0.25, -0.2) is 0 Å². The summed E-state index contributed by atoms with van der Waals surface area (Å²) in [6.45, 7) is 4.58. The number of nitrogens with zero attached hydrogens (tertiary/aromatic N) is 2. The minimum Gasteiger partial charge on any atom is -0.352 e. The molecule has 1 N–H and O–H groups in total. The fourth-order valence-corrected chi connectivity index (χ4v) is 3.46. The van der Waals surface area contributed by atoms with Crippen LogP contribution >= 0.6 is 0 Å². The summed E-state index contributed by atoms with van der Waals surface area (Å²) in [4.78, 5) is 40.9. The van der Waals surface area contributed by atoms with Crippen LogP contribution in [0.2, 0.25) is 0 Å². The molecule has 1 saturated heterocycles.